The molecule has 0 saturated carbocycles. The van der Waals surface area contributed by atoms with Crippen molar-refractivity contribution in [3.05, 3.63) is 0 Å². The second-order valence-electron chi connectivity index (χ2n) is 0. The molecule has 4 heavy (non-hydrogen) atoms. The van der Waals surface area contributed by atoms with Crippen molar-refractivity contribution < 1.29 is 50.4 Å². The average Bonchev–Trinajstić information content (AvgIpc) is 1.00. The summed E-state index contributed by atoms with van der Waals surface area (Å²) in [4.78, 5) is 0. The molecule has 0 heterocycles. The van der Waals surface area contributed by atoms with E-state index in [1.54, 1.807) is 0 Å². The fourth-order valence-electron chi connectivity index (χ4n) is 0. The second-order valence-corrected chi connectivity index (χ2v) is 0. The Morgan fingerprint density at radius 1 is 1.25 bits per heavy atom. The molecule has 0 unspecified atom stereocenters. The van der Waals surface area contributed by atoms with Crippen LogP contribution >= 0.6 is 13.5 Å². The fraction of sp³-hybridized carbons (Fsp3) is 0. The summed E-state index contributed by atoms with van der Waals surface area (Å²) in [5.41, 5.74) is 0. The Hall–Kier alpha value is 2.73. The van der Waals surface area contributed by atoms with Gasteiger partial charge in [0.05, 0.1) is 0 Å². The Kier molecular flexibility index (Phi) is 68.3. The molecule has 0 aliphatic carbocycles. The van der Waals surface area contributed by atoms with Crippen molar-refractivity contribution >= 4 is 24.9 Å². The zero-order valence-corrected chi connectivity index (χ0v) is 14.6. The number of rotatable bonds is 0. The van der Waals surface area contributed by atoms with Crippen molar-refractivity contribution in [1.29, 1.82) is 0 Å². The molecule has 0 bridgehead atoms. The maximum absolute atomic E-state index is 2.82. The first kappa shape index (κ1) is 15.9. The second kappa shape index (κ2) is 17.2. The van der Waals surface area contributed by atoms with Crippen molar-refractivity contribution in [3.8, 4) is 0 Å². The molecule has 0 aliphatic heterocycles. The van der Waals surface area contributed by atoms with E-state index in [2.05, 4.69) is 11.4 Å². The van der Waals surface area contributed by atoms with Gasteiger partial charge in [-0.05, 0) is 0 Å². The summed E-state index contributed by atoms with van der Waals surface area (Å²) in [7, 11) is 0. The topological polar surface area (TPSA) is 0 Å². The summed E-state index contributed by atoms with van der Waals surface area (Å²) in [6, 6.07) is 0. The molecule has 4 heteroatoms. The first-order valence-electron chi connectivity index (χ1n) is 0.289. The zero-order chi connectivity index (χ0) is 2.00. The fourth-order valence-corrected chi connectivity index (χ4v) is 0. The molecule has 0 aromatic heterocycles. The maximum atomic E-state index is 2.82. The first-order chi connectivity index (χ1) is 1.00. The van der Waals surface area contributed by atoms with E-state index in [-0.39, 0.29) is 40.8 Å². The predicted molar refractivity (Wildman–Crippen MR) is 16.1 cm³/mol. The van der Waals surface area contributed by atoms with E-state index in [4.69, 9.17) is 0 Å². The van der Waals surface area contributed by atoms with Crippen LogP contribution in [0.4, 0.5) is 0 Å². The molecule has 18 valence electrons. The van der Waals surface area contributed by atoms with Crippen LogP contribution in [0.2, 0.25) is 0 Å². The van der Waals surface area contributed by atoms with Gasteiger partial charge < -0.3 is 0 Å². The quantitative estimate of drug-likeness (QED) is 0.469. The van der Waals surface area contributed by atoms with Crippen LogP contribution < -0.4 is 0 Å². The van der Waals surface area contributed by atoms with Gasteiger partial charge in [-0.1, -0.05) is 0 Å². The van der Waals surface area contributed by atoms with Crippen molar-refractivity contribution in [2.75, 3.05) is 0 Å². The summed E-state index contributed by atoms with van der Waals surface area (Å²) in [6.45, 7) is 0. The van der Waals surface area contributed by atoms with Gasteiger partial charge in [0, 0.05) is 27.3 Å². The summed E-state index contributed by atoms with van der Waals surface area (Å²) < 4.78 is 0. The molecule has 0 aromatic carbocycles. The van der Waals surface area contributed by atoms with Gasteiger partial charge in [-0.25, -0.2) is 0 Å². The van der Waals surface area contributed by atoms with E-state index >= 15 is 0 Å². The van der Waals surface area contributed by atoms with E-state index in [9.17, 15) is 0 Å². The Balaban J connectivity index is -0.00000000500. The molecule has 0 nitrogen and oxygen atoms in total. The van der Waals surface area contributed by atoms with Crippen LogP contribution in [0.3, 0.4) is 0 Å². The zero-order valence-electron chi connectivity index (χ0n) is 2.32. The molecule has 0 amide bonds. The van der Waals surface area contributed by atoms with Gasteiger partial charge >= 0.3 is 34.4 Å². The molecule has 0 fully saturated rings. The molecule has 0 spiro atoms. The van der Waals surface area contributed by atoms with E-state index in [0.29, 0.717) is 0 Å². The van der Waals surface area contributed by atoms with Crippen LogP contribution in [-0.2, 0) is 50.4 Å². The summed E-state index contributed by atoms with van der Waals surface area (Å²) in [5, 5.41) is 0. The van der Waals surface area contributed by atoms with E-state index < -0.39 is 0 Å². The van der Waals surface area contributed by atoms with Gasteiger partial charge in [0.25, 0.3) is 0 Å². The minimum absolute atomic E-state index is 0. The monoisotopic (exact) mass is 430 g/mol. The molecule has 0 saturated heterocycles. The van der Waals surface area contributed by atoms with Crippen molar-refractivity contribution in [2.45, 2.75) is 0 Å². The molecular formula is H2CdHgSSe. The molecule has 0 rings (SSSR count). The van der Waals surface area contributed by atoms with Gasteiger partial charge in [0.15, 0.2) is 0 Å². The third-order valence-electron chi connectivity index (χ3n) is 0. The summed E-state index contributed by atoms with van der Waals surface area (Å²) >= 11 is 3.72. The molecular weight excluding hydrogens is 424 g/mol. The molecule has 0 aromatic rings. The standard InChI is InChI=1S/Cd.Hg.H2S.Se/h;;1H2;. The molecule has 0 N–H and O–H groups in total. The summed E-state index contributed by atoms with van der Waals surface area (Å²) in [6.07, 6.45) is 0. The molecule has 0 radical (unpaired) electrons. The Labute approximate surface area is 73.8 Å². The van der Waals surface area contributed by atoms with Gasteiger partial charge in [-0.3, -0.25) is 0 Å². The Morgan fingerprint density at radius 3 is 1.25 bits per heavy atom. The van der Waals surface area contributed by atoms with Crippen LogP contribution in [0.15, 0.2) is 0 Å². The van der Waals surface area contributed by atoms with Crippen LogP contribution in [0.1, 0.15) is 0 Å². The number of hydrogen-bond donors (Lipinski definition) is 0. The minimum atomic E-state index is 0. The first-order valence-corrected chi connectivity index (χ1v) is 13.2. The van der Waals surface area contributed by atoms with Gasteiger partial charge in [0.2, 0.25) is 0 Å². The van der Waals surface area contributed by atoms with Crippen LogP contribution in [0.5, 0.6) is 0 Å². The van der Waals surface area contributed by atoms with Crippen LogP contribution in [0, 0.1) is 0 Å². The van der Waals surface area contributed by atoms with E-state index in [1.807, 2.05) is 0 Å². The average molecular weight is 426 g/mol. The SMILES string of the molecule is S.[Cd].[Se]=[Hg]. The number of hydrogen-bond acceptors (Lipinski definition) is 0. The molecule has 0 aliphatic rings. The molecule has 0 atom stereocenters. The van der Waals surface area contributed by atoms with E-state index in [1.165, 1.54) is 0 Å². The third kappa shape index (κ3) is 8.83. The van der Waals surface area contributed by atoms with Gasteiger partial charge in [-0.15, -0.1) is 0 Å². The van der Waals surface area contributed by atoms with Gasteiger partial charge in [-0.2, -0.15) is 13.5 Å². The third-order valence-corrected chi connectivity index (χ3v) is 0. The normalized spacial score (nSPS) is 1.50. The van der Waals surface area contributed by atoms with Crippen molar-refractivity contribution in [2.24, 2.45) is 0 Å². The Bertz CT molecular complexity index is 8.00. The van der Waals surface area contributed by atoms with Crippen LogP contribution in [-0.4, -0.2) is 11.4 Å². The summed E-state index contributed by atoms with van der Waals surface area (Å²) in [5.74, 6) is 0. The van der Waals surface area contributed by atoms with Gasteiger partial charge in [0.1, 0.15) is 0 Å². The van der Waals surface area contributed by atoms with E-state index in [0.717, 1.165) is 23.1 Å². The van der Waals surface area contributed by atoms with Crippen molar-refractivity contribution in [3.63, 3.8) is 0 Å². The predicted octanol–water partition coefficient (Wildman–Crippen LogP) is -0.273. The van der Waals surface area contributed by atoms with Crippen LogP contribution in [0.25, 0.3) is 0 Å². The Morgan fingerprint density at radius 2 is 1.25 bits per heavy atom. The van der Waals surface area contributed by atoms with Crippen molar-refractivity contribution in [1.82, 2.24) is 0 Å².